The summed E-state index contributed by atoms with van der Waals surface area (Å²) < 4.78 is 10.8. The van der Waals surface area contributed by atoms with Crippen molar-refractivity contribution in [3.63, 3.8) is 0 Å². The molecule has 0 N–H and O–H groups in total. The molecule has 0 saturated heterocycles. The van der Waals surface area contributed by atoms with Gasteiger partial charge in [-0.1, -0.05) is 57.0 Å². The van der Waals surface area contributed by atoms with Gasteiger partial charge in [-0.3, -0.25) is 0 Å². The molecule has 0 aliphatic carbocycles. The minimum atomic E-state index is -0.455. The van der Waals surface area contributed by atoms with E-state index in [1.165, 1.54) is 19.3 Å². The van der Waals surface area contributed by atoms with Gasteiger partial charge >= 0.3 is 5.97 Å². The average molecular weight is 324 g/mol. The number of unbranched alkanes of at least 4 members (excludes halogenated alkanes) is 3. The highest BCUT2D eigenvalue weighted by molar-refractivity contribution is 5.83. The molecule has 24 heavy (non-hydrogen) atoms. The molecule has 126 valence electrons. The third kappa shape index (κ3) is 5.58. The van der Waals surface area contributed by atoms with Gasteiger partial charge in [-0.25, -0.2) is 4.79 Å². The molecule has 0 atom stereocenters. The number of rotatable bonds is 9. The maximum atomic E-state index is 11.2. The molecule has 0 radical (unpaired) electrons. The van der Waals surface area contributed by atoms with Gasteiger partial charge in [0.1, 0.15) is 11.5 Å². The minimum absolute atomic E-state index is 0.455. The van der Waals surface area contributed by atoms with Crippen LogP contribution < -0.4 is 9.47 Å². The van der Waals surface area contributed by atoms with Gasteiger partial charge < -0.3 is 9.47 Å². The Morgan fingerprint density at radius 2 is 1.50 bits per heavy atom. The van der Waals surface area contributed by atoms with Crippen molar-refractivity contribution in [3.05, 3.63) is 61.2 Å². The van der Waals surface area contributed by atoms with Crippen LogP contribution in [0.15, 0.2) is 61.2 Å². The summed E-state index contributed by atoms with van der Waals surface area (Å²) in [5, 5.41) is 0. The first kappa shape index (κ1) is 17.8. The predicted octanol–water partition coefficient (Wildman–Crippen LogP) is 5.40. The molecule has 2 rings (SSSR count). The Bertz CT molecular complexity index is 642. The Kier molecular flexibility index (Phi) is 7.09. The van der Waals surface area contributed by atoms with Gasteiger partial charge in [-0.2, -0.15) is 0 Å². The van der Waals surface area contributed by atoms with E-state index in [0.29, 0.717) is 5.75 Å². The monoisotopic (exact) mass is 324 g/mol. The van der Waals surface area contributed by atoms with Crippen LogP contribution in [0.1, 0.15) is 32.6 Å². The normalized spacial score (nSPS) is 10.2. The standard InChI is InChI=1S/C21H24O3/c1-3-5-6-7-16-23-19-12-8-17(9-13-19)18-10-14-20(15-11-18)24-21(22)4-2/h4,8-15H,2-3,5-7,16H2,1H3. The van der Waals surface area contributed by atoms with Crippen LogP contribution in [0, 0.1) is 0 Å². The highest BCUT2D eigenvalue weighted by Crippen LogP contribution is 2.24. The van der Waals surface area contributed by atoms with Gasteiger partial charge in [0, 0.05) is 6.08 Å². The quantitative estimate of drug-likeness (QED) is 0.268. The Morgan fingerprint density at radius 3 is 2.04 bits per heavy atom. The van der Waals surface area contributed by atoms with Crippen molar-refractivity contribution < 1.29 is 14.3 Å². The first-order valence-corrected chi connectivity index (χ1v) is 8.40. The molecule has 0 bridgehead atoms. The average Bonchev–Trinajstić information content (AvgIpc) is 2.63. The highest BCUT2D eigenvalue weighted by atomic mass is 16.5. The molecular weight excluding hydrogens is 300 g/mol. The second kappa shape index (κ2) is 9.56. The highest BCUT2D eigenvalue weighted by Gasteiger charge is 2.02. The molecule has 2 aromatic carbocycles. The van der Waals surface area contributed by atoms with E-state index in [4.69, 9.17) is 9.47 Å². The molecule has 0 amide bonds. The first-order valence-electron chi connectivity index (χ1n) is 8.40. The summed E-state index contributed by atoms with van der Waals surface area (Å²) in [5.74, 6) is 0.950. The summed E-state index contributed by atoms with van der Waals surface area (Å²) in [7, 11) is 0. The van der Waals surface area contributed by atoms with Crippen molar-refractivity contribution in [2.24, 2.45) is 0 Å². The van der Waals surface area contributed by atoms with Crippen LogP contribution in [-0.2, 0) is 4.79 Å². The fourth-order valence-electron chi connectivity index (χ4n) is 2.34. The number of hydrogen-bond acceptors (Lipinski definition) is 3. The van der Waals surface area contributed by atoms with Crippen molar-refractivity contribution in [1.82, 2.24) is 0 Å². The van der Waals surface area contributed by atoms with Crippen LogP contribution >= 0.6 is 0 Å². The molecule has 0 aliphatic rings. The smallest absolute Gasteiger partial charge is 0.335 e. The zero-order valence-corrected chi connectivity index (χ0v) is 14.2. The number of ether oxygens (including phenoxy) is 2. The van der Waals surface area contributed by atoms with Crippen molar-refractivity contribution in [1.29, 1.82) is 0 Å². The van der Waals surface area contributed by atoms with Gasteiger partial charge in [0.25, 0.3) is 0 Å². The summed E-state index contributed by atoms with van der Waals surface area (Å²) in [4.78, 5) is 11.2. The topological polar surface area (TPSA) is 35.5 Å². The van der Waals surface area contributed by atoms with Crippen molar-refractivity contribution >= 4 is 5.97 Å². The van der Waals surface area contributed by atoms with Gasteiger partial charge in [0.2, 0.25) is 0 Å². The zero-order valence-electron chi connectivity index (χ0n) is 14.2. The van der Waals surface area contributed by atoms with Crippen molar-refractivity contribution in [3.8, 4) is 22.6 Å². The number of benzene rings is 2. The lowest BCUT2D eigenvalue weighted by Crippen LogP contribution is -2.02. The van der Waals surface area contributed by atoms with Gasteiger partial charge in [-0.05, 0) is 41.8 Å². The van der Waals surface area contributed by atoms with Crippen LogP contribution in [0.2, 0.25) is 0 Å². The van der Waals surface area contributed by atoms with Crippen LogP contribution in [-0.4, -0.2) is 12.6 Å². The number of carbonyl (C=O) groups is 1. The van der Waals surface area contributed by atoms with Gasteiger partial charge in [-0.15, -0.1) is 0 Å². The molecule has 3 heteroatoms. The third-order valence-corrected chi connectivity index (χ3v) is 3.69. The number of carbonyl (C=O) groups excluding carboxylic acids is 1. The Balaban J connectivity index is 1.90. The number of hydrogen-bond donors (Lipinski definition) is 0. The SMILES string of the molecule is C=CC(=O)Oc1ccc(-c2ccc(OCCCCCC)cc2)cc1. The molecule has 0 heterocycles. The Morgan fingerprint density at radius 1 is 0.917 bits per heavy atom. The van der Waals surface area contributed by atoms with Crippen LogP contribution in [0.25, 0.3) is 11.1 Å². The summed E-state index contributed by atoms with van der Waals surface area (Å²) in [5.41, 5.74) is 2.15. The molecule has 0 fully saturated rings. The molecule has 0 aromatic heterocycles. The lowest BCUT2D eigenvalue weighted by molar-refractivity contribution is -0.128. The fourth-order valence-corrected chi connectivity index (χ4v) is 2.34. The molecule has 2 aromatic rings. The van der Waals surface area contributed by atoms with E-state index >= 15 is 0 Å². The molecule has 0 aliphatic heterocycles. The Hall–Kier alpha value is -2.55. The maximum Gasteiger partial charge on any atom is 0.335 e. The lowest BCUT2D eigenvalue weighted by Gasteiger charge is -2.08. The van der Waals surface area contributed by atoms with Gasteiger partial charge in [0.15, 0.2) is 0 Å². The Labute approximate surface area is 143 Å². The largest absolute Gasteiger partial charge is 0.494 e. The van der Waals surface area contributed by atoms with Crippen LogP contribution in [0.5, 0.6) is 11.5 Å². The third-order valence-electron chi connectivity index (χ3n) is 3.69. The van der Waals surface area contributed by atoms with E-state index in [9.17, 15) is 4.79 Å². The molecule has 0 unspecified atom stereocenters. The lowest BCUT2D eigenvalue weighted by atomic mass is 10.1. The van der Waals surface area contributed by atoms with Gasteiger partial charge in [0.05, 0.1) is 6.61 Å². The second-order valence-electron chi connectivity index (χ2n) is 5.58. The van der Waals surface area contributed by atoms with Crippen molar-refractivity contribution in [2.45, 2.75) is 32.6 Å². The summed E-state index contributed by atoms with van der Waals surface area (Å²) in [6, 6.07) is 15.4. The van der Waals surface area contributed by atoms with Crippen LogP contribution in [0.4, 0.5) is 0 Å². The number of esters is 1. The van der Waals surface area contributed by atoms with E-state index in [-0.39, 0.29) is 0 Å². The fraction of sp³-hybridized carbons (Fsp3) is 0.286. The molecular formula is C21H24O3. The molecule has 0 saturated carbocycles. The van der Waals surface area contributed by atoms with E-state index in [0.717, 1.165) is 36.0 Å². The molecule has 3 nitrogen and oxygen atoms in total. The predicted molar refractivity (Wildman–Crippen MR) is 97.3 cm³/mol. The molecule has 0 spiro atoms. The minimum Gasteiger partial charge on any atom is -0.494 e. The van der Waals surface area contributed by atoms with Crippen molar-refractivity contribution in [2.75, 3.05) is 6.61 Å². The van der Waals surface area contributed by atoms with E-state index in [1.54, 1.807) is 12.1 Å². The van der Waals surface area contributed by atoms with Crippen LogP contribution in [0.3, 0.4) is 0 Å². The van der Waals surface area contributed by atoms with E-state index in [1.807, 2.05) is 36.4 Å². The summed E-state index contributed by atoms with van der Waals surface area (Å²) in [6.07, 6.45) is 5.97. The maximum absolute atomic E-state index is 11.2. The zero-order chi connectivity index (χ0) is 17.2. The summed E-state index contributed by atoms with van der Waals surface area (Å²) in [6.45, 7) is 6.35. The summed E-state index contributed by atoms with van der Waals surface area (Å²) >= 11 is 0. The van der Waals surface area contributed by atoms with E-state index < -0.39 is 5.97 Å². The van der Waals surface area contributed by atoms with E-state index in [2.05, 4.69) is 13.5 Å². The second-order valence-corrected chi connectivity index (χ2v) is 5.58. The first-order chi connectivity index (χ1) is 11.7.